The molecular formula is C9H9BrN4O3. The van der Waals surface area contributed by atoms with Crippen molar-refractivity contribution in [3.8, 4) is 0 Å². The van der Waals surface area contributed by atoms with E-state index in [2.05, 4.69) is 20.9 Å². The predicted molar refractivity (Wildman–Crippen MR) is 63.5 cm³/mol. The summed E-state index contributed by atoms with van der Waals surface area (Å²) >= 11 is 3.17. The van der Waals surface area contributed by atoms with E-state index in [0.717, 1.165) is 6.20 Å². The number of carbonyl (C=O) groups is 1. The van der Waals surface area contributed by atoms with Crippen LogP contribution in [0, 0.1) is 10.1 Å². The van der Waals surface area contributed by atoms with Crippen LogP contribution in [0.4, 0.5) is 11.5 Å². The highest BCUT2D eigenvalue weighted by Gasteiger charge is 2.30. The third kappa shape index (κ3) is 2.27. The van der Waals surface area contributed by atoms with Crippen molar-refractivity contribution >= 4 is 33.3 Å². The van der Waals surface area contributed by atoms with E-state index < -0.39 is 4.92 Å². The number of hydrogen-bond donors (Lipinski definition) is 1. The van der Waals surface area contributed by atoms with Gasteiger partial charge in [0.15, 0.2) is 0 Å². The number of pyridine rings is 1. The third-order valence-corrected chi connectivity index (χ3v) is 3.01. The fourth-order valence-electron chi connectivity index (χ4n) is 1.66. The van der Waals surface area contributed by atoms with Crippen LogP contribution < -0.4 is 10.6 Å². The molecular weight excluding hydrogens is 292 g/mol. The molecule has 1 aliphatic rings. The number of halogens is 1. The average molecular weight is 301 g/mol. The molecule has 90 valence electrons. The molecule has 0 saturated carbocycles. The van der Waals surface area contributed by atoms with Gasteiger partial charge in [-0.15, -0.1) is 0 Å². The number of rotatable bonds is 2. The van der Waals surface area contributed by atoms with E-state index in [9.17, 15) is 14.9 Å². The van der Waals surface area contributed by atoms with Gasteiger partial charge in [-0.05, 0) is 15.9 Å². The lowest BCUT2D eigenvalue weighted by molar-refractivity contribution is -0.385. The average Bonchev–Trinajstić information content (AvgIpc) is 2.57. The van der Waals surface area contributed by atoms with Gasteiger partial charge in [0.25, 0.3) is 5.69 Å². The first kappa shape index (κ1) is 11.9. The lowest BCUT2D eigenvalue weighted by atomic mass is 10.3. The van der Waals surface area contributed by atoms with Crippen LogP contribution in [0.25, 0.3) is 0 Å². The molecule has 2 heterocycles. The predicted octanol–water partition coefficient (Wildman–Crippen LogP) is 0.816. The van der Waals surface area contributed by atoms with Crippen LogP contribution in [0.1, 0.15) is 6.42 Å². The summed E-state index contributed by atoms with van der Waals surface area (Å²) in [5, 5.41) is 10.5. The van der Waals surface area contributed by atoms with Crippen molar-refractivity contribution in [3.05, 3.63) is 26.9 Å². The Labute approximate surface area is 105 Å². The SMILES string of the molecule is NC1CC(=O)N(c2ncc([N+](=O)[O-])cc2Br)C1. The number of nitrogens with two attached hydrogens (primary N) is 1. The van der Waals surface area contributed by atoms with Gasteiger partial charge in [-0.25, -0.2) is 4.98 Å². The molecule has 1 aliphatic heterocycles. The number of carbonyl (C=O) groups excluding carboxylic acids is 1. The van der Waals surface area contributed by atoms with Gasteiger partial charge in [-0.2, -0.15) is 0 Å². The molecule has 1 aromatic rings. The Balaban J connectivity index is 2.34. The minimum Gasteiger partial charge on any atom is -0.326 e. The summed E-state index contributed by atoms with van der Waals surface area (Å²) in [7, 11) is 0. The second kappa shape index (κ2) is 4.38. The largest absolute Gasteiger partial charge is 0.326 e. The van der Waals surface area contributed by atoms with Gasteiger partial charge in [0.2, 0.25) is 5.91 Å². The molecule has 0 aliphatic carbocycles. The molecule has 17 heavy (non-hydrogen) atoms. The van der Waals surface area contributed by atoms with Gasteiger partial charge < -0.3 is 5.73 Å². The highest BCUT2D eigenvalue weighted by atomic mass is 79.9. The first-order valence-corrected chi connectivity index (χ1v) is 5.64. The smallest absolute Gasteiger partial charge is 0.288 e. The van der Waals surface area contributed by atoms with Crippen molar-refractivity contribution in [2.45, 2.75) is 12.5 Å². The molecule has 2 N–H and O–H groups in total. The number of hydrogen-bond acceptors (Lipinski definition) is 5. The standard InChI is InChI=1S/C9H9BrN4O3/c10-7-2-6(14(16)17)3-12-9(7)13-4-5(11)1-8(13)15/h2-3,5H,1,4,11H2. The maximum absolute atomic E-state index is 11.6. The lowest BCUT2D eigenvalue weighted by Crippen LogP contribution is -2.29. The summed E-state index contributed by atoms with van der Waals surface area (Å²) in [4.78, 5) is 27.0. The van der Waals surface area contributed by atoms with Crippen LogP contribution in [-0.4, -0.2) is 28.4 Å². The molecule has 0 spiro atoms. The molecule has 0 radical (unpaired) electrons. The zero-order valence-electron chi connectivity index (χ0n) is 8.67. The van der Waals surface area contributed by atoms with Gasteiger partial charge in [-0.3, -0.25) is 19.8 Å². The molecule has 1 unspecified atom stereocenters. The van der Waals surface area contributed by atoms with E-state index in [1.54, 1.807) is 0 Å². The normalized spacial score (nSPS) is 19.8. The Bertz CT molecular complexity index is 493. The first-order valence-electron chi connectivity index (χ1n) is 4.85. The van der Waals surface area contributed by atoms with Crippen LogP contribution in [0.15, 0.2) is 16.7 Å². The lowest BCUT2D eigenvalue weighted by Gasteiger charge is -2.15. The Kier molecular flexibility index (Phi) is 3.07. The molecule has 8 heteroatoms. The second-order valence-electron chi connectivity index (χ2n) is 3.72. The van der Waals surface area contributed by atoms with Crippen LogP contribution in [0.3, 0.4) is 0 Å². The van der Waals surface area contributed by atoms with Gasteiger partial charge in [0, 0.05) is 25.1 Å². The van der Waals surface area contributed by atoms with Crippen LogP contribution in [-0.2, 0) is 4.79 Å². The Morgan fingerprint density at radius 1 is 1.65 bits per heavy atom. The van der Waals surface area contributed by atoms with Crippen LogP contribution in [0.5, 0.6) is 0 Å². The quantitative estimate of drug-likeness (QED) is 0.643. The second-order valence-corrected chi connectivity index (χ2v) is 4.58. The Morgan fingerprint density at radius 2 is 2.35 bits per heavy atom. The highest BCUT2D eigenvalue weighted by Crippen LogP contribution is 2.29. The van der Waals surface area contributed by atoms with Crippen molar-refractivity contribution in [2.24, 2.45) is 5.73 Å². The highest BCUT2D eigenvalue weighted by molar-refractivity contribution is 9.10. The molecule has 7 nitrogen and oxygen atoms in total. The Hall–Kier alpha value is -1.54. The zero-order valence-corrected chi connectivity index (χ0v) is 10.3. The van der Waals surface area contributed by atoms with E-state index in [1.165, 1.54) is 11.0 Å². The van der Waals surface area contributed by atoms with E-state index >= 15 is 0 Å². The van der Waals surface area contributed by atoms with E-state index in [-0.39, 0.29) is 24.1 Å². The molecule has 0 aromatic carbocycles. The van der Waals surface area contributed by atoms with Crippen molar-refractivity contribution in [2.75, 3.05) is 11.4 Å². The number of nitro groups is 1. The van der Waals surface area contributed by atoms with Crippen LogP contribution >= 0.6 is 15.9 Å². The summed E-state index contributed by atoms with van der Waals surface area (Å²) in [5.41, 5.74) is 5.54. The fraction of sp³-hybridized carbons (Fsp3) is 0.333. The topological polar surface area (TPSA) is 102 Å². The maximum atomic E-state index is 11.6. The summed E-state index contributed by atoms with van der Waals surface area (Å²) < 4.78 is 0.411. The maximum Gasteiger partial charge on any atom is 0.288 e. The van der Waals surface area contributed by atoms with Crippen molar-refractivity contribution in [1.82, 2.24) is 4.98 Å². The van der Waals surface area contributed by atoms with Gasteiger partial charge in [-0.1, -0.05) is 0 Å². The monoisotopic (exact) mass is 300 g/mol. The van der Waals surface area contributed by atoms with Crippen molar-refractivity contribution in [1.29, 1.82) is 0 Å². The first-order chi connectivity index (χ1) is 7.99. The van der Waals surface area contributed by atoms with Crippen molar-refractivity contribution < 1.29 is 9.72 Å². The Morgan fingerprint density at radius 3 is 2.82 bits per heavy atom. The zero-order chi connectivity index (χ0) is 12.6. The van der Waals surface area contributed by atoms with Gasteiger partial charge in [0.05, 0.1) is 9.40 Å². The third-order valence-electron chi connectivity index (χ3n) is 2.43. The number of nitrogens with zero attached hydrogens (tertiary/aromatic N) is 3. The molecule has 1 aromatic heterocycles. The summed E-state index contributed by atoms with van der Waals surface area (Å²) in [6, 6.07) is 1.10. The molecule has 2 rings (SSSR count). The molecule has 1 fully saturated rings. The number of aromatic nitrogens is 1. The van der Waals surface area contributed by atoms with Gasteiger partial charge >= 0.3 is 0 Å². The van der Waals surface area contributed by atoms with E-state index in [0.29, 0.717) is 16.8 Å². The summed E-state index contributed by atoms with van der Waals surface area (Å²) in [6.07, 6.45) is 1.39. The van der Waals surface area contributed by atoms with Gasteiger partial charge in [0.1, 0.15) is 12.0 Å². The molecule has 1 atom stereocenters. The summed E-state index contributed by atoms with van der Waals surface area (Å²) in [5.74, 6) is 0.244. The molecule has 1 saturated heterocycles. The number of amides is 1. The van der Waals surface area contributed by atoms with Crippen molar-refractivity contribution in [3.63, 3.8) is 0 Å². The fourth-order valence-corrected chi connectivity index (χ4v) is 2.21. The minimum absolute atomic E-state index is 0.125. The molecule has 0 bridgehead atoms. The minimum atomic E-state index is -0.543. The number of anilines is 1. The molecule has 1 amide bonds. The van der Waals surface area contributed by atoms with E-state index in [4.69, 9.17) is 5.73 Å². The summed E-state index contributed by atoms with van der Waals surface area (Å²) in [6.45, 7) is 0.377. The van der Waals surface area contributed by atoms with Crippen LogP contribution in [0.2, 0.25) is 0 Å². The van der Waals surface area contributed by atoms with E-state index in [1.807, 2.05) is 0 Å².